The van der Waals surface area contributed by atoms with Crippen molar-refractivity contribution in [1.82, 2.24) is 0 Å². The smallest absolute Gasteiger partial charge is 0.0675 e. The number of hydrogen-bond donors (Lipinski definition) is 0. The second-order valence-corrected chi connectivity index (χ2v) is 4.61. The van der Waals surface area contributed by atoms with E-state index < -0.39 is 0 Å². The summed E-state index contributed by atoms with van der Waals surface area (Å²) in [5, 5.41) is 0. The van der Waals surface area contributed by atoms with Gasteiger partial charge in [0.15, 0.2) is 0 Å². The highest BCUT2D eigenvalue weighted by atomic mass is 16.5. The van der Waals surface area contributed by atoms with Crippen LogP contribution in [0.4, 0.5) is 0 Å². The van der Waals surface area contributed by atoms with Gasteiger partial charge in [-0.1, -0.05) is 38.2 Å². The lowest BCUT2D eigenvalue weighted by atomic mass is 9.93. The average molecular weight is 210 g/mol. The predicted octanol–water partition coefficient (Wildman–Crippen LogP) is 4.47. The van der Waals surface area contributed by atoms with Gasteiger partial charge in [-0.05, 0) is 37.7 Å². The first kappa shape index (κ1) is 12.8. The van der Waals surface area contributed by atoms with Gasteiger partial charge in [-0.15, -0.1) is 0 Å². The third kappa shape index (κ3) is 4.83. The first-order valence-corrected chi connectivity index (χ1v) is 6.57. The molecular formula is C14H26O. The summed E-state index contributed by atoms with van der Waals surface area (Å²) in [7, 11) is 1.82. The first-order chi connectivity index (χ1) is 7.38. The Balaban J connectivity index is 2.61. The van der Waals surface area contributed by atoms with Crippen molar-refractivity contribution >= 4 is 0 Å². The topological polar surface area (TPSA) is 9.23 Å². The van der Waals surface area contributed by atoms with Crippen molar-refractivity contribution in [3.8, 4) is 0 Å². The van der Waals surface area contributed by atoms with Crippen molar-refractivity contribution in [3.05, 3.63) is 11.1 Å². The molecular weight excluding hydrogens is 184 g/mol. The Hall–Kier alpha value is -0.300. The Morgan fingerprint density at radius 3 is 1.93 bits per heavy atom. The van der Waals surface area contributed by atoms with Crippen LogP contribution < -0.4 is 0 Å². The van der Waals surface area contributed by atoms with Gasteiger partial charge in [-0.3, -0.25) is 0 Å². The first-order valence-electron chi connectivity index (χ1n) is 6.57. The SMILES string of the molecule is CC/C1=C(\COC)CCCCCCCC1. The average Bonchev–Trinajstić information content (AvgIpc) is 2.27. The minimum Gasteiger partial charge on any atom is -0.380 e. The van der Waals surface area contributed by atoms with Gasteiger partial charge in [0.25, 0.3) is 0 Å². The van der Waals surface area contributed by atoms with Crippen LogP contribution in [0.2, 0.25) is 0 Å². The molecule has 15 heavy (non-hydrogen) atoms. The van der Waals surface area contributed by atoms with E-state index in [-0.39, 0.29) is 0 Å². The minimum atomic E-state index is 0.864. The summed E-state index contributed by atoms with van der Waals surface area (Å²) in [6, 6.07) is 0. The minimum absolute atomic E-state index is 0.864. The quantitative estimate of drug-likeness (QED) is 0.624. The molecule has 0 heterocycles. The highest BCUT2D eigenvalue weighted by Crippen LogP contribution is 2.24. The van der Waals surface area contributed by atoms with E-state index in [0.717, 1.165) is 6.61 Å². The van der Waals surface area contributed by atoms with E-state index in [1.54, 1.807) is 11.1 Å². The second-order valence-electron chi connectivity index (χ2n) is 4.61. The number of rotatable bonds is 3. The summed E-state index contributed by atoms with van der Waals surface area (Å²) in [5.41, 5.74) is 3.28. The molecule has 0 aromatic carbocycles. The lowest BCUT2D eigenvalue weighted by Gasteiger charge is -2.16. The molecule has 88 valence electrons. The third-order valence-electron chi connectivity index (χ3n) is 3.45. The van der Waals surface area contributed by atoms with Crippen molar-refractivity contribution in [1.29, 1.82) is 0 Å². The molecule has 0 atom stereocenters. The van der Waals surface area contributed by atoms with Gasteiger partial charge >= 0.3 is 0 Å². The third-order valence-corrected chi connectivity index (χ3v) is 3.45. The van der Waals surface area contributed by atoms with Crippen LogP contribution in [-0.4, -0.2) is 13.7 Å². The molecule has 0 aromatic heterocycles. The fraction of sp³-hybridized carbons (Fsp3) is 0.857. The molecule has 0 N–H and O–H groups in total. The maximum absolute atomic E-state index is 5.32. The Morgan fingerprint density at radius 2 is 1.40 bits per heavy atom. The second kappa shape index (κ2) is 7.92. The zero-order chi connectivity index (χ0) is 10.9. The molecule has 0 saturated heterocycles. The molecule has 1 nitrogen and oxygen atoms in total. The lowest BCUT2D eigenvalue weighted by Crippen LogP contribution is -2.01. The van der Waals surface area contributed by atoms with Crippen molar-refractivity contribution in [2.75, 3.05) is 13.7 Å². The van der Waals surface area contributed by atoms with Crippen LogP contribution in [-0.2, 0) is 4.74 Å². The number of methoxy groups -OCH3 is 1. The van der Waals surface area contributed by atoms with Gasteiger partial charge < -0.3 is 4.74 Å². The Bertz CT molecular complexity index is 194. The van der Waals surface area contributed by atoms with Crippen molar-refractivity contribution in [2.45, 2.75) is 64.7 Å². The zero-order valence-corrected chi connectivity index (χ0v) is 10.5. The van der Waals surface area contributed by atoms with Gasteiger partial charge in [0.05, 0.1) is 6.61 Å². The summed E-state index contributed by atoms with van der Waals surface area (Å²) in [6.07, 6.45) is 12.3. The molecule has 0 bridgehead atoms. The Labute approximate surface area is 94.9 Å². The molecule has 0 fully saturated rings. The maximum Gasteiger partial charge on any atom is 0.0675 e. The number of allylic oxidation sites excluding steroid dienone is 1. The summed E-state index contributed by atoms with van der Waals surface area (Å²) in [4.78, 5) is 0. The summed E-state index contributed by atoms with van der Waals surface area (Å²) >= 11 is 0. The zero-order valence-electron chi connectivity index (χ0n) is 10.5. The summed E-state index contributed by atoms with van der Waals surface area (Å²) < 4.78 is 5.32. The molecule has 0 saturated carbocycles. The molecule has 0 spiro atoms. The van der Waals surface area contributed by atoms with Crippen molar-refractivity contribution in [3.63, 3.8) is 0 Å². The van der Waals surface area contributed by atoms with Crippen LogP contribution in [0.1, 0.15) is 64.7 Å². The summed E-state index contributed by atoms with van der Waals surface area (Å²) in [6.45, 7) is 3.15. The fourth-order valence-electron chi connectivity index (χ4n) is 2.51. The molecule has 0 unspecified atom stereocenters. The fourth-order valence-corrected chi connectivity index (χ4v) is 2.51. The molecule has 0 amide bonds. The van der Waals surface area contributed by atoms with E-state index in [1.807, 2.05) is 7.11 Å². The molecule has 1 heteroatoms. The molecule has 1 aliphatic carbocycles. The van der Waals surface area contributed by atoms with Crippen LogP contribution in [0.15, 0.2) is 11.1 Å². The molecule has 1 aliphatic rings. The maximum atomic E-state index is 5.32. The number of ether oxygens (including phenoxy) is 1. The van der Waals surface area contributed by atoms with Crippen LogP contribution in [0.5, 0.6) is 0 Å². The van der Waals surface area contributed by atoms with Crippen molar-refractivity contribution in [2.24, 2.45) is 0 Å². The molecule has 0 aliphatic heterocycles. The van der Waals surface area contributed by atoms with Crippen LogP contribution in [0.3, 0.4) is 0 Å². The van der Waals surface area contributed by atoms with Gasteiger partial charge in [0.2, 0.25) is 0 Å². The van der Waals surface area contributed by atoms with E-state index in [0.29, 0.717) is 0 Å². The van der Waals surface area contributed by atoms with E-state index in [4.69, 9.17) is 4.74 Å². The monoisotopic (exact) mass is 210 g/mol. The Morgan fingerprint density at radius 1 is 0.867 bits per heavy atom. The van der Waals surface area contributed by atoms with Gasteiger partial charge in [0, 0.05) is 7.11 Å². The summed E-state index contributed by atoms with van der Waals surface area (Å²) in [5.74, 6) is 0. The highest BCUT2D eigenvalue weighted by Gasteiger charge is 2.07. The van der Waals surface area contributed by atoms with Crippen LogP contribution in [0, 0.1) is 0 Å². The van der Waals surface area contributed by atoms with E-state index in [9.17, 15) is 0 Å². The van der Waals surface area contributed by atoms with Gasteiger partial charge in [-0.2, -0.15) is 0 Å². The van der Waals surface area contributed by atoms with Gasteiger partial charge in [0.1, 0.15) is 0 Å². The molecule has 1 rings (SSSR count). The predicted molar refractivity (Wildman–Crippen MR) is 66.1 cm³/mol. The van der Waals surface area contributed by atoms with Crippen LogP contribution >= 0.6 is 0 Å². The lowest BCUT2D eigenvalue weighted by molar-refractivity contribution is 0.221. The van der Waals surface area contributed by atoms with Crippen molar-refractivity contribution < 1.29 is 4.74 Å². The highest BCUT2D eigenvalue weighted by molar-refractivity contribution is 5.14. The molecule has 0 radical (unpaired) electrons. The normalized spacial score (nSPS) is 25.2. The van der Waals surface area contributed by atoms with Gasteiger partial charge in [-0.25, -0.2) is 0 Å². The van der Waals surface area contributed by atoms with Crippen LogP contribution in [0.25, 0.3) is 0 Å². The Kier molecular flexibility index (Phi) is 6.74. The molecule has 0 aromatic rings. The van der Waals surface area contributed by atoms with E-state index >= 15 is 0 Å². The van der Waals surface area contributed by atoms with E-state index in [2.05, 4.69) is 6.92 Å². The van der Waals surface area contributed by atoms with E-state index in [1.165, 1.54) is 57.8 Å². The largest absolute Gasteiger partial charge is 0.380 e. The number of hydrogen-bond acceptors (Lipinski definition) is 1. The standard InChI is InChI=1S/C14H26O/c1-3-13-10-8-6-4-5-7-9-11-14(13)12-15-2/h3-12H2,1-2H3/b14-13+.